The van der Waals surface area contributed by atoms with Gasteiger partial charge in [0.2, 0.25) is 0 Å². The first-order chi connectivity index (χ1) is 10.1. The Morgan fingerprint density at radius 3 is 2.90 bits per heavy atom. The third-order valence-electron chi connectivity index (χ3n) is 3.91. The minimum absolute atomic E-state index is 0.439. The molecule has 110 valence electrons. The maximum Gasteiger partial charge on any atom is 0.336 e. The molecule has 5 heteroatoms. The van der Waals surface area contributed by atoms with Crippen LogP contribution in [0.3, 0.4) is 0 Å². The number of fused-ring (bicyclic) bond motifs is 1. The molecular weight excluding hydrogens is 284 g/mol. The smallest absolute Gasteiger partial charge is 0.336 e. The number of anilines is 1. The van der Waals surface area contributed by atoms with Gasteiger partial charge in [-0.2, -0.15) is 0 Å². The highest BCUT2D eigenvalue weighted by atomic mass is 32.1. The van der Waals surface area contributed by atoms with Crippen molar-refractivity contribution in [3.8, 4) is 0 Å². The van der Waals surface area contributed by atoms with E-state index in [1.54, 1.807) is 17.4 Å². The highest BCUT2D eigenvalue weighted by Crippen LogP contribution is 2.32. The minimum atomic E-state index is -0.835. The van der Waals surface area contributed by atoms with Gasteiger partial charge in [0.1, 0.15) is 0 Å². The van der Waals surface area contributed by atoms with Crippen molar-refractivity contribution in [2.45, 2.75) is 33.2 Å². The molecule has 2 aromatic rings. The van der Waals surface area contributed by atoms with Crippen LogP contribution < -0.4 is 4.90 Å². The second kappa shape index (κ2) is 5.48. The van der Waals surface area contributed by atoms with Gasteiger partial charge < -0.3 is 10.0 Å². The number of aryl methyl sites for hydroxylation is 2. The van der Waals surface area contributed by atoms with Crippen LogP contribution in [0.5, 0.6) is 0 Å². The van der Waals surface area contributed by atoms with Gasteiger partial charge >= 0.3 is 5.97 Å². The number of nitrogens with zero attached hydrogens (tertiary/aromatic N) is 2. The van der Waals surface area contributed by atoms with Gasteiger partial charge in [0.05, 0.1) is 22.8 Å². The Kier molecular flexibility index (Phi) is 3.68. The Morgan fingerprint density at radius 1 is 1.43 bits per heavy atom. The summed E-state index contributed by atoms with van der Waals surface area (Å²) in [5.41, 5.74) is 3.55. The summed E-state index contributed by atoms with van der Waals surface area (Å²) in [7, 11) is 0. The third-order valence-corrected chi connectivity index (χ3v) is 4.97. The van der Waals surface area contributed by atoms with Crippen LogP contribution in [0.15, 0.2) is 18.2 Å². The Morgan fingerprint density at radius 2 is 2.24 bits per heavy atom. The van der Waals surface area contributed by atoms with Gasteiger partial charge in [-0.3, -0.25) is 0 Å². The monoisotopic (exact) mass is 302 g/mol. The molecule has 0 aliphatic carbocycles. The standard InChI is InChI=1S/C16H18N2O2S/c1-10-15(21-11(2)17-10)9-18-8-4-6-12-13(16(19)20)5-3-7-14(12)18/h3,5,7H,4,6,8-9H2,1-2H3,(H,19,20). The molecule has 1 aliphatic rings. The number of thiazole rings is 1. The second-order valence-electron chi connectivity index (χ2n) is 5.37. The molecule has 2 heterocycles. The van der Waals surface area contributed by atoms with Crippen LogP contribution in [0.1, 0.15) is 37.9 Å². The molecule has 0 saturated carbocycles. The predicted octanol–water partition coefficient (Wildman–Crippen LogP) is 3.41. The summed E-state index contributed by atoms with van der Waals surface area (Å²) < 4.78 is 0. The van der Waals surface area contributed by atoms with Crippen LogP contribution >= 0.6 is 11.3 Å². The van der Waals surface area contributed by atoms with Crippen molar-refractivity contribution in [1.82, 2.24) is 4.98 Å². The summed E-state index contributed by atoms with van der Waals surface area (Å²) in [5, 5.41) is 10.4. The summed E-state index contributed by atoms with van der Waals surface area (Å²) >= 11 is 1.72. The van der Waals surface area contributed by atoms with Gasteiger partial charge in [0.15, 0.2) is 0 Å². The van der Waals surface area contributed by atoms with Crippen molar-refractivity contribution >= 4 is 23.0 Å². The molecule has 0 spiro atoms. The predicted molar refractivity (Wildman–Crippen MR) is 84.4 cm³/mol. The van der Waals surface area contributed by atoms with E-state index in [0.29, 0.717) is 5.56 Å². The summed E-state index contributed by atoms with van der Waals surface area (Å²) in [4.78, 5) is 19.4. The van der Waals surface area contributed by atoms with E-state index in [0.717, 1.165) is 47.9 Å². The quantitative estimate of drug-likeness (QED) is 0.944. The molecule has 1 aromatic carbocycles. The van der Waals surface area contributed by atoms with E-state index in [2.05, 4.69) is 9.88 Å². The van der Waals surface area contributed by atoms with E-state index in [1.807, 2.05) is 26.0 Å². The molecule has 0 saturated heterocycles. The van der Waals surface area contributed by atoms with E-state index >= 15 is 0 Å². The summed E-state index contributed by atoms with van der Waals surface area (Å²) in [6.07, 6.45) is 1.84. The topological polar surface area (TPSA) is 53.4 Å². The van der Waals surface area contributed by atoms with E-state index in [4.69, 9.17) is 0 Å². The van der Waals surface area contributed by atoms with Gasteiger partial charge in [0.25, 0.3) is 0 Å². The van der Waals surface area contributed by atoms with Crippen molar-refractivity contribution in [1.29, 1.82) is 0 Å². The van der Waals surface area contributed by atoms with Gasteiger partial charge in [-0.15, -0.1) is 11.3 Å². The van der Waals surface area contributed by atoms with E-state index in [9.17, 15) is 9.90 Å². The number of carbonyl (C=O) groups is 1. The lowest BCUT2D eigenvalue weighted by Gasteiger charge is -2.31. The lowest BCUT2D eigenvalue weighted by molar-refractivity contribution is 0.0695. The van der Waals surface area contributed by atoms with Crippen LogP contribution in [0.2, 0.25) is 0 Å². The molecule has 0 fully saturated rings. The first-order valence-corrected chi connectivity index (χ1v) is 7.91. The van der Waals surface area contributed by atoms with Crippen molar-refractivity contribution in [2.75, 3.05) is 11.4 Å². The highest BCUT2D eigenvalue weighted by Gasteiger charge is 2.22. The van der Waals surface area contributed by atoms with Crippen molar-refractivity contribution < 1.29 is 9.90 Å². The maximum absolute atomic E-state index is 11.4. The number of carboxylic acids is 1. The van der Waals surface area contributed by atoms with Crippen LogP contribution in [0, 0.1) is 13.8 Å². The molecule has 0 unspecified atom stereocenters. The molecule has 4 nitrogen and oxygen atoms in total. The Bertz CT molecular complexity index is 694. The molecule has 0 amide bonds. The lowest BCUT2D eigenvalue weighted by Crippen LogP contribution is -2.29. The summed E-state index contributed by atoms with van der Waals surface area (Å²) in [6, 6.07) is 5.57. The Balaban J connectivity index is 1.96. The number of aromatic carboxylic acids is 1. The zero-order chi connectivity index (χ0) is 15.0. The Hall–Kier alpha value is -1.88. The third kappa shape index (κ3) is 2.65. The fraction of sp³-hybridized carbons (Fsp3) is 0.375. The molecule has 0 bridgehead atoms. The van der Waals surface area contributed by atoms with Crippen LogP contribution in [0.25, 0.3) is 0 Å². The Labute approximate surface area is 128 Å². The largest absolute Gasteiger partial charge is 0.478 e. The second-order valence-corrected chi connectivity index (χ2v) is 6.66. The van der Waals surface area contributed by atoms with E-state index in [-0.39, 0.29) is 0 Å². The lowest BCUT2D eigenvalue weighted by atomic mass is 9.96. The van der Waals surface area contributed by atoms with Gasteiger partial charge in [-0.05, 0) is 44.4 Å². The number of benzene rings is 1. The average Bonchev–Trinajstić information content (AvgIpc) is 2.76. The van der Waals surface area contributed by atoms with Crippen LogP contribution in [-0.4, -0.2) is 22.6 Å². The molecule has 3 rings (SSSR count). The number of hydrogen-bond acceptors (Lipinski definition) is 4. The van der Waals surface area contributed by atoms with Crippen molar-refractivity contribution in [3.63, 3.8) is 0 Å². The maximum atomic E-state index is 11.4. The minimum Gasteiger partial charge on any atom is -0.478 e. The van der Waals surface area contributed by atoms with Gasteiger partial charge in [-0.1, -0.05) is 6.07 Å². The molecule has 0 radical (unpaired) electrons. The number of hydrogen-bond donors (Lipinski definition) is 1. The number of carboxylic acid groups (broad SMARTS) is 1. The normalized spacial score (nSPS) is 14.1. The van der Waals surface area contributed by atoms with Crippen molar-refractivity contribution in [2.24, 2.45) is 0 Å². The number of rotatable bonds is 3. The fourth-order valence-corrected chi connectivity index (χ4v) is 3.91. The molecule has 1 N–H and O–H groups in total. The zero-order valence-corrected chi connectivity index (χ0v) is 13.0. The fourth-order valence-electron chi connectivity index (χ4n) is 2.96. The van der Waals surface area contributed by atoms with Gasteiger partial charge in [-0.25, -0.2) is 9.78 Å². The first-order valence-electron chi connectivity index (χ1n) is 7.09. The van der Waals surface area contributed by atoms with Crippen LogP contribution in [-0.2, 0) is 13.0 Å². The summed E-state index contributed by atoms with van der Waals surface area (Å²) in [6.45, 7) is 5.84. The average molecular weight is 302 g/mol. The molecule has 0 atom stereocenters. The van der Waals surface area contributed by atoms with Crippen LogP contribution in [0.4, 0.5) is 5.69 Å². The van der Waals surface area contributed by atoms with E-state index in [1.165, 1.54) is 4.88 Å². The van der Waals surface area contributed by atoms with E-state index < -0.39 is 5.97 Å². The molecular formula is C16H18N2O2S. The van der Waals surface area contributed by atoms with Crippen molar-refractivity contribution in [3.05, 3.63) is 44.9 Å². The number of aromatic nitrogens is 1. The van der Waals surface area contributed by atoms with Gasteiger partial charge in [0, 0.05) is 17.1 Å². The molecule has 1 aliphatic heterocycles. The highest BCUT2D eigenvalue weighted by molar-refractivity contribution is 7.11. The summed E-state index contributed by atoms with van der Waals surface area (Å²) in [5.74, 6) is -0.835. The SMILES string of the molecule is Cc1nc(C)c(CN2CCCc3c(C(=O)O)cccc32)s1. The molecule has 1 aromatic heterocycles. The molecule has 21 heavy (non-hydrogen) atoms. The zero-order valence-electron chi connectivity index (χ0n) is 12.2. The first kappa shape index (κ1) is 14.1.